The van der Waals surface area contributed by atoms with E-state index < -0.39 is 0 Å². The van der Waals surface area contributed by atoms with Crippen LogP contribution in [0.1, 0.15) is 27.7 Å². The van der Waals surface area contributed by atoms with E-state index in [2.05, 4.69) is 19.2 Å². The van der Waals surface area contributed by atoms with Crippen molar-refractivity contribution in [1.29, 1.82) is 0 Å². The number of piperazine rings is 1. The molecular formula is C8H18N2O. The zero-order valence-corrected chi connectivity index (χ0v) is 7.82. The van der Waals surface area contributed by atoms with Gasteiger partial charge in [-0.25, -0.2) is 0 Å². The molecule has 1 heterocycles. The topological polar surface area (TPSA) is 39.5 Å². The van der Waals surface area contributed by atoms with Gasteiger partial charge >= 0.3 is 0 Å². The first-order valence-corrected chi connectivity index (χ1v) is 4.12. The standard InChI is InChI=1S/C8H18N2O/c1-7(2)6-10(11)8(3,4)5-9-7/h9-10H,5-6H2,1-4H3. The lowest BCUT2D eigenvalue weighted by Gasteiger charge is -2.48. The molecule has 0 saturated carbocycles. The van der Waals surface area contributed by atoms with Gasteiger partial charge in [0.2, 0.25) is 0 Å². The molecule has 0 bridgehead atoms. The van der Waals surface area contributed by atoms with Crippen molar-refractivity contribution in [1.82, 2.24) is 5.32 Å². The molecule has 0 aliphatic carbocycles. The van der Waals surface area contributed by atoms with Crippen LogP contribution in [0.4, 0.5) is 0 Å². The van der Waals surface area contributed by atoms with Gasteiger partial charge in [-0.3, -0.25) is 0 Å². The average molecular weight is 158 g/mol. The van der Waals surface area contributed by atoms with Gasteiger partial charge in [-0.1, -0.05) is 0 Å². The molecule has 2 N–H and O–H groups in total. The summed E-state index contributed by atoms with van der Waals surface area (Å²) in [5.41, 5.74) is -0.151. The second kappa shape index (κ2) is 2.44. The predicted octanol–water partition coefficient (Wildman–Crippen LogP) is -0.470. The van der Waals surface area contributed by atoms with Gasteiger partial charge in [-0.15, -0.1) is 0 Å². The summed E-state index contributed by atoms with van der Waals surface area (Å²) in [7, 11) is 0. The van der Waals surface area contributed by atoms with E-state index in [-0.39, 0.29) is 11.1 Å². The van der Waals surface area contributed by atoms with Gasteiger partial charge in [0.25, 0.3) is 0 Å². The van der Waals surface area contributed by atoms with Gasteiger partial charge < -0.3 is 15.6 Å². The maximum atomic E-state index is 11.5. The third-order valence-electron chi connectivity index (χ3n) is 2.37. The van der Waals surface area contributed by atoms with Crippen molar-refractivity contribution in [3.63, 3.8) is 0 Å². The molecule has 1 aliphatic rings. The van der Waals surface area contributed by atoms with Gasteiger partial charge in [-0.2, -0.15) is 0 Å². The normalized spacial score (nSPS) is 35.2. The lowest BCUT2D eigenvalue weighted by atomic mass is 9.94. The van der Waals surface area contributed by atoms with Gasteiger partial charge in [0, 0.05) is 0 Å². The van der Waals surface area contributed by atoms with Crippen molar-refractivity contribution in [3.05, 3.63) is 5.21 Å². The second-order valence-electron chi connectivity index (χ2n) is 4.72. The van der Waals surface area contributed by atoms with Crippen LogP contribution in [0.15, 0.2) is 0 Å². The van der Waals surface area contributed by atoms with E-state index in [1.165, 1.54) is 0 Å². The Kier molecular flexibility index (Phi) is 1.99. The van der Waals surface area contributed by atoms with E-state index in [4.69, 9.17) is 0 Å². The Balaban J connectivity index is 2.63. The molecule has 3 heteroatoms. The van der Waals surface area contributed by atoms with Crippen LogP contribution in [-0.4, -0.2) is 24.2 Å². The minimum atomic E-state index is -0.157. The van der Waals surface area contributed by atoms with E-state index >= 15 is 0 Å². The highest BCUT2D eigenvalue weighted by molar-refractivity contribution is 4.86. The van der Waals surface area contributed by atoms with Crippen molar-refractivity contribution in [2.45, 2.75) is 38.8 Å². The maximum absolute atomic E-state index is 11.5. The molecule has 1 saturated heterocycles. The largest absolute Gasteiger partial charge is 0.634 e. The molecule has 0 amide bonds. The van der Waals surface area contributed by atoms with Gasteiger partial charge in [0.15, 0.2) is 0 Å². The zero-order valence-electron chi connectivity index (χ0n) is 7.82. The lowest BCUT2D eigenvalue weighted by Crippen LogP contribution is -3.20. The minimum absolute atomic E-state index is 0.00655. The Hall–Kier alpha value is -0.120. The van der Waals surface area contributed by atoms with Gasteiger partial charge in [0.1, 0.15) is 5.54 Å². The van der Waals surface area contributed by atoms with E-state index in [9.17, 15) is 5.21 Å². The third-order valence-corrected chi connectivity index (χ3v) is 2.37. The molecule has 0 aromatic carbocycles. The van der Waals surface area contributed by atoms with Crippen molar-refractivity contribution >= 4 is 0 Å². The monoisotopic (exact) mass is 158 g/mol. The van der Waals surface area contributed by atoms with Crippen LogP contribution >= 0.6 is 0 Å². The van der Waals surface area contributed by atoms with Crippen molar-refractivity contribution in [2.24, 2.45) is 0 Å². The smallest absolute Gasteiger partial charge is 0.104 e. The molecule has 0 spiro atoms. The second-order valence-corrected chi connectivity index (χ2v) is 4.72. The van der Waals surface area contributed by atoms with Crippen LogP contribution in [-0.2, 0) is 0 Å². The van der Waals surface area contributed by atoms with Crippen LogP contribution < -0.4 is 10.4 Å². The fourth-order valence-corrected chi connectivity index (χ4v) is 1.26. The quantitative estimate of drug-likeness (QED) is 0.468. The summed E-state index contributed by atoms with van der Waals surface area (Å²) in [6.07, 6.45) is 0. The maximum Gasteiger partial charge on any atom is 0.104 e. The molecular weight excluding hydrogens is 140 g/mol. The number of hydrogen-bond acceptors (Lipinski definition) is 2. The summed E-state index contributed by atoms with van der Waals surface area (Å²) >= 11 is 0. The number of hydroxylamine groups is 2. The van der Waals surface area contributed by atoms with Crippen LogP contribution in [0.2, 0.25) is 0 Å². The molecule has 1 rings (SSSR count). The van der Waals surface area contributed by atoms with Crippen molar-refractivity contribution in [3.8, 4) is 0 Å². The zero-order chi connectivity index (χ0) is 8.70. The number of quaternary nitrogens is 1. The molecule has 1 aliphatic heterocycles. The van der Waals surface area contributed by atoms with Gasteiger partial charge in [0.05, 0.1) is 18.6 Å². The molecule has 11 heavy (non-hydrogen) atoms. The van der Waals surface area contributed by atoms with E-state index in [1.54, 1.807) is 0 Å². The van der Waals surface area contributed by atoms with E-state index in [0.29, 0.717) is 11.6 Å². The van der Waals surface area contributed by atoms with Crippen LogP contribution in [0, 0.1) is 5.21 Å². The molecule has 66 valence electrons. The summed E-state index contributed by atoms with van der Waals surface area (Å²) in [6, 6.07) is 0. The van der Waals surface area contributed by atoms with E-state index in [0.717, 1.165) is 6.54 Å². The molecule has 0 aromatic heterocycles. The third kappa shape index (κ3) is 1.92. The first-order valence-electron chi connectivity index (χ1n) is 4.12. The first-order chi connectivity index (χ1) is 4.83. The van der Waals surface area contributed by atoms with E-state index in [1.807, 2.05) is 13.8 Å². The van der Waals surface area contributed by atoms with Crippen LogP contribution in [0.3, 0.4) is 0 Å². The Morgan fingerprint density at radius 1 is 1.27 bits per heavy atom. The summed E-state index contributed by atoms with van der Waals surface area (Å²) < 4.78 is 0. The fourth-order valence-electron chi connectivity index (χ4n) is 1.26. The molecule has 3 nitrogen and oxygen atoms in total. The molecule has 0 radical (unpaired) electrons. The predicted molar refractivity (Wildman–Crippen MR) is 45.4 cm³/mol. The lowest BCUT2D eigenvalue weighted by molar-refractivity contribution is -0.908. The number of hydrogen-bond donors (Lipinski definition) is 2. The fraction of sp³-hybridized carbons (Fsp3) is 1.00. The van der Waals surface area contributed by atoms with Crippen molar-refractivity contribution in [2.75, 3.05) is 13.1 Å². The van der Waals surface area contributed by atoms with Crippen LogP contribution in [0.25, 0.3) is 0 Å². The average Bonchev–Trinajstić information content (AvgIpc) is 1.81. The SMILES string of the molecule is CC1(C)C[NH+]([O-])C(C)(C)CN1. The molecule has 1 unspecified atom stereocenters. The van der Waals surface area contributed by atoms with Gasteiger partial charge in [-0.05, 0) is 27.7 Å². The Morgan fingerprint density at radius 3 is 2.18 bits per heavy atom. The Bertz CT molecular complexity index is 154. The highest BCUT2D eigenvalue weighted by Crippen LogP contribution is 2.07. The van der Waals surface area contributed by atoms with Crippen molar-refractivity contribution < 1.29 is 5.06 Å². The summed E-state index contributed by atoms with van der Waals surface area (Å²) in [6.45, 7) is 9.59. The highest BCUT2D eigenvalue weighted by Gasteiger charge is 2.36. The summed E-state index contributed by atoms with van der Waals surface area (Å²) in [4.78, 5) is 0. The first kappa shape index (κ1) is 8.97. The number of nitrogens with one attached hydrogen (secondary N) is 2. The molecule has 1 fully saturated rings. The molecule has 0 aromatic rings. The number of rotatable bonds is 0. The highest BCUT2D eigenvalue weighted by atomic mass is 16.5. The Morgan fingerprint density at radius 2 is 1.82 bits per heavy atom. The minimum Gasteiger partial charge on any atom is -0.634 e. The molecule has 1 atom stereocenters. The van der Waals surface area contributed by atoms with Crippen LogP contribution in [0.5, 0.6) is 0 Å². The summed E-state index contributed by atoms with van der Waals surface area (Å²) in [5.74, 6) is 0. The summed E-state index contributed by atoms with van der Waals surface area (Å²) in [5, 5.41) is 15.2. The Labute approximate surface area is 68.3 Å².